The summed E-state index contributed by atoms with van der Waals surface area (Å²) in [6.45, 7) is 0. The summed E-state index contributed by atoms with van der Waals surface area (Å²) in [5, 5.41) is 11.3. The first-order valence-electron chi connectivity index (χ1n) is 3.03. The maximum Gasteiger partial charge on any atom is 0.427 e. The van der Waals surface area contributed by atoms with Crippen LogP contribution >= 0.6 is 0 Å². The van der Waals surface area contributed by atoms with E-state index >= 15 is 0 Å². The van der Waals surface area contributed by atoms with Crippen LogP contribution in [0, 0.1) is 0 Å². The van der Waals surface area contributed by atoms with Gasteiger partial charge in [-0.1, -0.05) is 30.3 Å². The van der Waals surface area contributed by atoms with Crippen LogP contribution in [0.4, 0.5) is 0 Å². The molecule has 1 aromatic rings. The molecule has 52 valence electrons. The topological polar surface area (TPSA) is 58.3 Å². The Balaban J connectivity index is 2.75. The fraction of sp³-hybridized carbons (Fsp3) is 0. The average molecular weight is 136 g/mol. The summed E-state index contributed by atoms with van der Waals surface area (Å²) in [5.74, 6) is 5.00. The van der Waals surface area contributed by atoms with Gasteiger partial charge in [0, 0.05) is 0 Å². The molecule has 0 atom stereocenters. The molecule has 0 bridgehead atoms. The second-order valence-corrected chi connectivity index (χ2v) is 1.98. The van der Waals surface area contributed by atoms with Gasteiger partial charge >= 0.3 is 7.05 Å². The highest BCUT2D eigenvalue weighted by molar-refractivity contribution is 6.63. The molecule has 0 fully saturated rings. The van der Waals surface area contributed by atoms with E-state index in [0.29, 0.717) is 0 Å². The Bertz CT molecular complexity index is 192. The first-order chi connectivity index (χ1) is 4.84. The number of nitrogens with two attached hydrogens (primary N) is 1. The maximum absolute atomic E-state index is 9.09. The molecule has 3 nitrogen and oxygen atoms in total. The number of rotatable bonds is 2. The molecule has 0 aliphatic carbocycles. The lowest BCUT2D eigenvalue weighted by Crippen LogP contribution is -2.48. The van der Waals surface area contributed by atoms with E-state index in [1.807, 2.05) is 18.2 Å². The normalized spacial score (nSPS) is 9.40. The van der Waals surface area contributed by atoms with Crippen LogP contribution in [0.1, 0.15) is 0 Å². The zero-order valence-corrected chi connectivity index (χ0v) is 5.49. The molecule has 1 aromatic carbocycles. The predicted octanol–water partition coefficient (Wildman–Crippen LogP) is -1.16. The number of nitrogens with one attached hydrogen (secondary N) is 1. The summed E-state index contributed by atoms with van der Waals surface area (Å²) >= 11 is 0. The molecule has 0 heterocycles. The Morgan fingerprint density at radius 3 is 2.40 bits per heavy atom. The van der Waals surface area contributed by atoms with Crippen LogP contribution in [0.5, 0.6) is 0 Å². The fourth-order valence-electron chi connectivity index (χ4n) is 0.732. The Morgan fingerprint density at radius 1 is 1.30 bits per heavy atom. The van der Waals surface area contributed by atoms with Gasteiger partial charge in [0.1, 0.15) is 0 Å². The first-order valence-corrected chi connectivity index (χ1v) is 3.03. The van der Waals surface area contributed by atoms with Crippen LogP contribution < -0.4 is 16.6 Å². The third-order valence-corrected chi connectivity index (χ3v) is 1.27. The summed E-state index contributed by atoms with van der Waals surface area (Å²) in [6, 6.07) is 9.16. The van der Waals surface area contributed by atoms with Gasteiger partial charge < -0.3 is 5.02 Å². The Labute approximate surface area is 60.0 Å². The number of hydrazine groups is 1. The Morgan fingerprint density at radius 2 is 1.90 bits per heavy atom. The van der Waals surface area contributed by atoms with Gasteiger partial charge in [-0.15, -0.1) is 0 Å². The van der Waals surface area contributed by atoms with Crippen molar-refractivity contribution in [1.29, 1.82) is 0 Å². The summed E-state index contributed by atoms with van der Waals surface area (Å²) in [4.78, 5) is 0. The second kappa shape index (κ2) is 3.36. The molecule has 0 aromatic heterocycles. The Kier molecular flexibility index (Phi) is 2.45. The molecule has 4 heteroatoms. The molecule has 0 saturated heterocycles. The van der Waals surface area contributed by atoms with Gasteiger partial charge in [0.25, 0.3) is 0 Å². The minimum absolute atomic E-state index is 0.763. The van der Waals surface area contributed by atoms with Crippen molar-refractivity contribution in [2.75, 3.05) is 0 Å². The van der Waals surface area contributed by atoms with Crippen LogP contribution in [-0.2, 0) is 0 Å². The van der Waals surface area contributed by atoms with Crippen LogP contribution in [0.25, 0.3) is 0 Å². The van der Waals surface area contributed by atoms with E-state index in [4.69, 9.17) is 10.9 Å². The summed E-state index contributed by atoms with van der Waals surface area (Å²) < 4.78 is 0. The Hall–Kier alpha value is -0.835. The molecule has 0 saturated carbocycles. The van der Waals surface area contributed by atoms with Gasteiger partial charge in [0.15, 0.2) is 0 Å². The average Bonchev–Trinajstić information content (AvgIpc) is 2.05. The first kappa shape index (κ1) is 7.27. The van der Waals surface area contributed by atoms with Crippen molar-refractivity contribution in [1.82, 2.24) is 5.34 Å². The van der Waals surface area contributed by atoms with E-state index in [0.717, 1.165) is 5.46 Å². The van der Waals surface area contributed by atoms with Gasteiger partial charge in [-0.3, -0.25) is 11.2 Å². The van der Waals surface area contributed by atoms with Crippen LogP contribution in [0.3, 0.4) is 0 Å². The van der Waals surface area contributed by atoms with Crippen molar-refractivity contribution in [3.63, 3.8) is 0 Å². The second-order valence-electron chi connectivity index (χ2n) is 1.98. The smallest absolute Gasteiger partial charge is 0.427 e. The zero-order valence-electron chi connectivity index (χ0n) is 5.49. The summed E-state index contributed by atoms with van der Waals surface area (Å²) in [7, 11) is -0.763. The van der Waals surface area contributed by atoms with Crippen molar-refractivity contribution in [3.05, 3.63) is 30.3 Å². The van der Waals surface area contributed by atoms with Crippen molar-refractivity contribution in [2.45, 2.75) is 0 Å². The van der Waals surface area contributed by atoms with E-state index in [9.17, 15) is 0 Å². The molecular weight excluding hydrogens is 127 g/mol. The quantitative estimate of drug-likeness (QED) is 0.273. The number of hydrogen-bond donors (Lipinski definition) is 3. The molecule has 1 rings (SSSR count). The SMILES string of the molecule is NNB(O)c1ccccc1. The molecular formula is C6H9BN2O. The van der Waals surface area contributed by atoms with Crippen LogP contribution in [0.2, 0.25) is 0 Å². The van der Waals surface area contributed by atoms with Gasteiger partial charge in [0.2, 0.25) is 0 Å². The minimum Gasteiger partial charge on any atom is -0.433 e. The number of benzene rings is 1. The fourth-order valence-corrected chi connectivity index (χ4v) is 0.732. The molecule has 0 amide bonds. The molecule has 10 heavy (non-hydrogen) atoms. The summed E-state index contributed by atoms with van der Waals surface area (Å²) in [6.07, 6.45) is 0. The lowest BCUT2D eigenvalue weighted by molar-refractivity contribution is 0.566. The van der Waals surface area contributed by atoms with Crippen LogP contribution in [-0.4, -0.2) is 12.1 Å². The highest BCUT2D eigenvalue weighted by Gasteiger charge is 2.09. The minimum atomic E-state index is -0.763. The summed E-state index contributed by atoms with van der Waals surface area (Å²) in [5.41, 5.74) is 0.769. The molecule has 4 N–H and O–H groups in total. The van der Waals surface area contributed by atoms with Crippen molar-refractivity contribution in [3.8, 4) is 0 Å². The van der Waals surface area contributed by atoms with Gasteiger partial charge in [-0.25, -0.2) is 0 Å². The molecule has 0 aliphatic heterocycles. The third kappa shape index (κ3) is 1.57. The largest absolute Gasteiger partial charge is 0.433 e. The lowest BCUT2D eigenvalue weighted by atomic mass is 9.75. The van der Waals surface area contributed by atoms with Crippen LogP contribution in [0.15, 0.2) is 30.3 Å². The standard InChI is InChI=1S/C6H9BN2O/c8-9-7(10)6-4-2-1-3-5-6/h1-5,9-10H,8H2. The van der Waals surface area contributed by atoms with Gasteiger partial charge in [-0.05, 0) is 5.46 Å². The van der Waals surface area contributed by atoms with E-state index in [1.54, 1.807) is 12.1 Å². The van der Waals surface area contributed by atoms with Crippen molar-refractivity contribution >= 4 is 12.5 Å². The number of hydrogen-bond acceptors (Lipinski definition) is 3. The lowest BCUT2D eigenvalue weighted by Gasteiger charge is -2.01. The van der Waals surface area contributed by atoms with E-state index < -0.39 is 7.05 Å². The molecule has 0 spiro atoms. The highest BCUT2D eigenvalue weighted by Crippen LogP contribution is 1.81. The predicted molar refractivity (Wildman–Crippen MR) is 41.4 cm³/mol. The molecule has 0 aliphatic rings. The van der Waals surface area contributed by atoms with Crippen molar-refractivity contribution < 1.29 is 5.02 Å². The van der Waals surface area contributed by atoms with Crippen molar-refractivity contribution in [2.24, 2.45) is 5.84 Å². The zero-order chi connectivity index (χ0) is 7.40. The van der Waals surface area contributed by atoms with E-state index in [2.05, 4.69) is 5.34 Å². The van der Waals surface area contributed by atoms with Gasteiger partial charge in [0.05, 0.1) is 0 Å². The monoisotopic (exact) mass is 136 g/mol. The van der Waals surface area contributed by atoms with E-state index in [1.165, 1.54) is 0 Å². The maximum atomic E-state index is 9.09. The van der Waals surface area contributed by atoms with E-state index in [-0.39, 0.29) is 0 Å². The van der Waals surface area contributed by atoms with Gasteiger partial charge in [-0.2, -0.15) is 0 Å². The molecule has 0 radical (unpaired) electrons. The third-order valence-electron chi connectivity index (χ3n) is 1.27. The molecule has 0 unspecified atom stereocenters. The highest BCUT2D eigenvalue weighted by atomic mass is 16.2.